The summed E-state index contributed by atoms with van der Waals surface area (Å²) < 4.78 is 13.2. The number of nitrogens with zero attached hydrogens (tertiary/aromatic N) is 1. The summed E-state index contributed by atoms with van der Waals surface area (Å²) in [5.74, 6) is -0.712. The number of benzene rings is 1. The molecule has 0 aromatic heterocycles. The van der Waals surface area contributed by atoms with Crippen molar-refractivity contribution in [2.75, 3.05) is 25.0 Å². The number of aliphatic hydroxyl groups is 1. The molecule has 5 heteroatoms. The Labute approximate surface area is 92.7 Å². The third-order valence-electron chi connectivity index (χ3n) is 2.45. The van der Waals surface area contributed by atoms with Gasteiger partial charge in [0.15, 0.2) is 0 Å². The average Bonchev–Trinajstić information content (AvgIpc) is 2.19. The summed E-state index contributed by atoms with van der Waals surface area (Å²) >= 11 is 0. The molecule has 0 radical (unpaired) electrons. The van der Waals surface area contributed by atoms with Crippen LogP contribution in [-0.2, 0) is 4.79 Å². The minimum absolute atomic E-state index is 0.186. The fraction of sp³-hybridized carbons (Fsp3) is 0.364. The Morgan fingerprint density at radius 3 is 2.81 bits per heavy atom. The van der Waals surface area contributed by atoms with Crippen LogP contribution in [0.3, 0.4) is 0 Å². The van der Waals surface area contributed by atoms with E-state index >= 15 is 0 Å². The van der Waals surface area contributed by atoms with Crippen LogP contribution < -0.4 is 5.32 Å². The number of nitrogens with one attached hydrogen (secondary N) is 1. The molecule has 0 bridgehead atoms. The van der Waals surface area contributed by atoms with Gasteiger partial charge in [-0.05, 0) is 12.1 Å². The van der Waals surface area contributed by atoms with Crippen LogP contribution in [0.25, 0.3) is 0 Å². The molecular weight excluding hydrogens is 211 g/mol. The molecule has 0 saturated carbocycles. The highest BCUT2D eigenvalue weighted by Gasteiger charge is 2.25. The zero-order valence-electron chi connectivity index (χ0n) is 8.69. The number of rotatable bonds is 3. The summed E-state index contributed by atoms with van der Waals surface area (Å²) in [7, 11) is 0. The number of likely N-dealkylation sites (tertiary alicyclic amines) is 1. The van der Waals surface area contributed by atoms with Gasteiger partial charge in [-0.1, -0.05) is 12.1 Å². The number of anilines is 1. The van der Waals surface area contributed by atoms with E-state index in [1.165, 1.54) is 12.1 Å². The van der Waals surface area contributed by atoms with Crippen molar-refractivity contribution in [2.45, 2.75) is 6.10 Å². The molecule has 0 atom stereocenters. The van der Waals surface area contributed by atoms with Gasteiger partial charge in [-0.15, -0.1) is 0 Å². The molecule has 86 valence electrons. The lowest BCUT2D eigenvalue weighted by molar-refractivity contribution is -0.119. The topological polar surface area (TPSA) is 52.6 Å². The predicted molar refractivity (Wildman–Crippen MR) is 57.5 cm³/mol. The van der Waals surface area contributed by atoms with E-state index in [1.54, 1.807) is 17.0 Å². The molecule has 2 rings (SSSR count). The number of carbonyl (C=O) groups excluding carboxylic acids is 1. The zero-order chi connectivity index (χ0) is 11.5. The maximum Gasteiger partial charge on any atom is 0.238 e. The Kier molecular flexibility index (Phi) is 3.17. The molecular formula is C11H13FN2O2. The quantitative estimate of drug-likeness (QED) is 0.783. The Balaban J connectivity index is 1.85. The normalized spacial score (nSPS) is 16.9. The zero-order valence-corrected chi connectivity index (χ0v) is 8.69. The van der Waals surface area contributed by atoms with Gasteiger partial charge in [0.05, 0.1) is 18.3 Å². The Bertz CT molecular complexity index is 391. The van der Waals surface area contributed by atoms with Gasteiger partial charge in [0.2, 0.25) is 5.91 Å². The number of hydrogen-bond donors (Lipinski definition) is 2. The molecule has 1 aromatic carbocycles. The third kappa shape index (κ3) is 2.56. The maximum absolute atomic E-state index is 13.2. The van der Waals surface area contributed by atoms with Gasteiger partial charge in [0.1, 0.15) is 5.82 Å². The van der Waals surface area contributed by atoms with Crippen molar-refractivity contribution in [1.82, 2.24) is 4.90 Å². The summed E-state index contributed by atoms with van der Waals surface area (Å²) in [5.41, 5.74) is 0.188. The number of amides is 1. The second-order valence-corrected chi connectivity index (χ2v) is 3.88. The number of aliphatic hydroxyl groups excluding tert-OH is 1. The number of hydrogen-bond acceptors (Lipinski definition) is 3. The van der Waals surface area contributed by atoms with Gasteiger partial charge in [-0.2, -0.15) is 0 Å². The van der Waals surface area contributed by atoms with E-state index < -0.39 is 5.82 Å². The highest BCUT2D eigenvalue weighted by molar-refractivity contribution is 5.92. The van der Waals surface area contributed by atoms with Crippen LogP contribution in [0, 0.1) is 5.82 Å². The van der Waals surface area contributed by atoms with E-state index in [-0.39, 0.29) is 24.2 Å². The third-order valence-corrected chi connectivity index (χ3v) is 2.45. The standard InChI is InChI=1S/C11H13FN2O2/c12-9-3-1-2-4-10(9)13-11(16)7-14-5-8(15)6-14/h1-4,8,15H,5-7H2,(H,13,16). The van der Waals surface area contributed by atoms with Crippen molar-refractivity contribution in [3.63, 3.8) is 0 Å². The highest BCUT2D eigenvalue weighted by atomic mass is 19.1. The van der Waals surface area contributed by atoms with Crippen LogP contribution in [0.5, 0.6) is 0 Å². The Morgan fingerprint density at radius 1 is 1.50 bits per heavy atom. The largest absolute Gasteiger partial charge is 0.390 e. The van der Waals surface area contributed by atoms with E-state index in [1.807, 2.05) is 0 Å². The van der Waals surface area contributed by atoms with E-state index in [9.17, 15) is 9.18 Å². The van der Waals surface area contributed by atoms with Crippen LogP contribution in [0.4, 0.5) is 10.1 Å². The van der Waals surface area contributed by atoms with Gasteiger partial charge in [0, 0.05) is 13.1 Å². The first kappa shape index (κ1) is 11.0. The van der Waals surface area contributed by atoms with E-state index in [0.717, 1.165) is 0 Å². The Morgan fingerprint density at radius 2 is 2.19 bits per heavy atom. The smallest absolute Gasteiger partial charge is 0.238 e. The summed E-state index contributed by atoms with van der Waals surface area (Å²) in [4.78, 5) is 13.3. The molecule has 1 aliphatic heterocycles. The van der Waals surface area contributed by atoms with Crippen molar-refractivity contribution < 1.29 is 14.3 Å². The van der Waals surface area contributed by atoms with Crippen molar-refractivity contribution in [2.24, 2.45) is 0 Å². The SMILES string of the molecule is O=C(CN1CC(O)C1)Nc1ccccc1F. The van der Waals surface area contributed by atoms with E-state index in [4.69, 9.17) is 5.11 Å². The molecule has 1 aromatic rings. The first-order valence-electron chi connectivity index (χ1n) is 5.10. The van der Waals surface area contributed by atoms with Gasteiger partial charge >= 0.3 is 0 Å². The summed E-state index contributed by atoms with van der Waals surface area (Å²) in [6, 6.07) is 6.03. The molecule has 1 fully saturated rings. The van der Waals surface area contributed by atoms with Crippen LogP contribution in [-0.4, -0.2) is 41.7 Å². The van der Waals surface area contributed by atoms with Gasteiger partial charge in [-0.25, -0.2) is 4.39 Å². The fourth-order valence-electron chi connectivity index (χ4n) is 1.63. The molecule has 4 nitrogen and oxygen atoms in total. The average molecular weight is 224 g/mol. The molecule has 1 saturated heterocycles. The first-order valence-corrected chi connectivity index (χ1v) is 5.10. The van der Waals surface area contributed by atoms with Crippen LogP contribution in [0.15, 0.2) is 24.3 Å². The first-order chi connectivity index (χ1) is 7.65. The molecule has 0 unspecified atom stereocenters. The van der Waals surface area contributed by atoms with Gasteiger partial charge in [0.25, 0.3) is 0 Å². The summed E-state index contributed by atoms with van der Waals surface area (Å²) in [6.07, 6.45) is -0.332. The van der Waals surface area contributed by atoms with E-state index in [2.05, 4.69) is 5.32 Å². The van der Waals surface area contributed by atoms with Gasteiger partial charge in [-0.3, -0.25) is 9.69 Å². The fourth-order valence-corrected chi connectivity index (χ4v) is 1.63. The number of carbonyl (C=O) groups is 1. The van der Waals surface area contributed by atoms with Crippen LogP contribution in [0.2, 0.25) is 0 Å². The molecule has 1 amide bonds. The van der Waals surface area contributed by atoms with E-state index in [0.29, 0.717) is 13.1 Å². The Hall–Kier alpha value is -1.46. The number of para-hydroxylation sites is 1. The predicted octanol–water partition coefficient (Wildman–Crippen LogP) is 0.441. The van der Waals surface area contributed by atoms with Crippen molar-refractivity contribution in [3.05, 3.63) is 30.1 Å². The highest BCUT2D eigenvalue weighted by Crippen LogP contribution is 2.13. The second-order valence-electron chi connectivity index (χ2n) is 3.88. The number of halogens is 1. The van der Waals surface area contributed by atoms with Crippen molar-refractivity contribution >= 4 is 11.6 Å². The number of β-amino-alcohol motifs (C(OH)–C–C–N with tert-alkyl or cyclic N) is 1. The minimum atomic E-state index is -0.445. The summed E-state index contributed by atoms with van der Waals surface area (Å²) in [6.45, 7) is 1.20. The molecule has 1 aliphatic rings. The van der Waals surface area contributed by atoms with Crippen LogP contribution >= 0.6 is 0 Å². The summed E-state index contributed by atoms with van der Waals surface area (Å²) in [5, 5.41) is 11.5. The lowest BCUT2D eigenvalue weighted by Gasteiger charge is -2.34. The van der Waals surface area contributed by atoms with Crippen LogP contribution in [0.1, 0.15) is 0 Å². The molecule has 1 heterocycles. The van der Waals surface area contributed by atoms with Crippen molar-refractivity contribution in [1.29, 1.82) is 0 Å². The minimum Gasteiger partial charge on any atom is -0.390 e. The lowest BCUT2D eigenvalue weighted by atomic mass is 10.2. The molecule has 0 aliphatic carbocycles. The lowest BCUT2D eigenvalue weighted by Crippen LogP contribution is -2.53. The molecule has 0 spiro atoms. The molecule has 16 heavy (non-hydrogen) atoms. The van der Waals surface area contributed by atoms with Crippen molar-refractivity contribution in [3.8, 4) is 0 Å². The second kappa shape index (κ2) is 4.59. The monoisotopic (exact) mass is 224 g/mol. The molecule has 2 N–H and O–H groups in total. The maximum atomic E-state index is 13.2. The van der Waals surface area contributed by atoms with Gasteiger partial charge < -0.3 is 10.4 Å².